The fourth-order valence-electron chi connectivity index (χ4n) is 3.01. The van der Waals surface area contributed by atoms with Crippen LogP contribution in [0.4, 0.5) is 4.79 Å². The minimum atomic E-state index is -0.543. The number of rotatable bonds is 7. The molecule has 2 amide bonds. The lowest BCUT2D eigenvalue weighted by atomic mass is 9.89. The maximum Gasteiger partial charge on any atom is 0.314 e. The fraction of sp³-hybridized carbons (Fsp3) is 0.650. The van der Waals surface area contributed by atoms with E-state index in [2.05, 4.69) is 39.8 Å². The highest BCUT2D eigenvalue weighted by Gasteiger charge is 2.24. The first-order valence-corrected chi connectivity index (χ1v) is 9.30. The molecule has 1 aliphatic heterocycles. The molecule has 1 aromatic rings. The van der Waals surface area contributed by atoms with Crippen LogP contribution in [0.3, 0.4) is 0 Å². The molecule has 0 bridgehead atoms. The average Bonchev–Trinajstić information content (AvgIpc) is 3.04. The van der Waals surface area contributed by atoms with Gasteiger partial charge in [-0.3, -0.25) is 0 Å². The highest BCUT2D eigenvalue weighted by atomic mass is 16.3. The molecule has 0 spiro atoms. The molecule has 140 valence electrons. The molecule has 1 aliphatic rings. The number of benzene rings is 1. The summed E-state index contributed by atoms with van der Waals surface area (Å²) in [7, 11) is 0. The van der Waals surface area contributed by atoms with Gasteiger partial charge in [-0.15, -0.1) is 0 Å². The second-order valence-corrected chi connectivity index (χ2v) is 8.16. The summed E-state index contributed by atoms with van der Waals surface area (Å²) in [5.41, 5.74) is 1.15. The molecule has 1 saturated heterocycles. The molecule has 1 aromatic carbocycles. The minimum Gasteiger partial charge on any atom is -0.391 e. The predicted molar refractivity (Wildman–Crippen MR) is 102 cm³/mol. The van der Waals surface area contributed by atoms with Crippen LogP contribution in [-0.2, 0) is 6.42 Å². The number of hydrogen-bond acceptors (Lipinski definition) is 3. The van der Waals surface area contributed by atoms with Crippen molar-refractivity contribution in [3.8, 4) is 0 Å². The van der Waals surface area contributed by atoms with Crippen LogP contribution in [0.1, 0.15) is 32.8 Å². The molecule has 25 heavy (non-hydrogen) atoms. The number of hydrogen-bond donors (Lipinski definition) is 3. The first-order chi connectivity index (χ1) is 11.8. The van der Waals surface area contributed by atoms with Crippen LogP contribution >= 0.6 is 0 Å². The van der Waals surface area contributed by atoms with Gasteiger partial charge in [0.25, 0.3) is 0 Å². The summed E-state index contributed by atoms with van der Waals surface area (Å²) in [6.07, 6.45) is 1.66. The van der Waals surface area contributed by atoms with Gasteiger partial charge in [-0.05, 0) is 36.3 Å². The Morgan fingerprint density at radius 2 is 2.00 bits per heavy atom. The first kappa shape index (κ1) is 19.7. The highest BCUT2D eigenvalue weighted by Crippen LogP contribution is 2.18. The van der Waals surface area contributed by atoms with Crippen molar-refractivity contribution >= 4 is 6.03 Å². The van der Waals surface area contributed by atoms with Crippen molar-refractivity contribution in [3.05, 3.63) is 35.9 Å². The second kappa shape index (κ2) is 9.20. The van der Waals surface area contributed by atoms with Crippen molar-refractivity contribution in [2.75, 3.05) is 32.7 Å². The van der Waals surface area contributed by atoms with E-state index in [1.165, 1.54) is 5.56 Å². The van der Waals surface area contributed by atoms with Gasteiger partial charge in [0, 0.05) is 26.2 Å². The zero-order valence-corrected chi connectivity index (χ0v) is 15.8. The molecule has 1 heterocycles. The summed E-state index contributed by atoms with van der Waals surface area (Å²) in [6, 6.07) is 10.4. The molecular weight excluding hydrogens is 314 g/mol. The van der Waals surface area contributed by atoms with Gasteiger partial charge in [-0.25, -0.2) is 4.79 Å². The zero-order valence-electron chi connectivity index (χ0n) is 15.8. The van der Waals surface area contributed by atoms with E-state index in [4.69, 9.17) is 0 Å². The second-order valence-electron chi connectivity index (χ2n) is 8.16. The zero-order chi connectivity index (χ0) is 18.3. The third-order valence-corrected chi connectivity index (χ3v) is 4.94. The third-order valence-electron chi connectivity index (χ3n) is 4.94. The monoisotopic (exact) mass is 347 g/mol. The molecular formula is C20H33N3O2. The van der Waals surface area contributed by atoms with Crippen LogP contribution in [0, 0.1) is 11.3 Å². The topological polar surface area (TPSA) is 64.6 Å². The molecule has 2 atom stereocenters. The molecule has 0 radical (unpaired) electrons. The molecule has 2 rings (SSSR count). The maximum absolute atomic E-state index is 11.9. The number of likely N-dealkylation sites (tertiary alicyclic amines) is 1. The van der Waals surface area contributed by atoms with Gasteiger partial charge < -0.3 is 20.6 Å². The molecule has 5 heteroatoms. The number of urea groups is 1. The third kappa shape index (κ3) is 7.04. The lowest BCUT2D eigenvalue weighted by Gasteiger charge is -2.26. The quantitative estimate of drug-likeness (QED) is 0.709. The van der Waals surface area contributed by atoms with Crippen molar-refractivity contribution in [3.63, 3.8) is 0 Å². The summed E-state index contributed by atoms with van der Waals surface area (Å²) < 4.78 is 0. The lowest BCUT2D eigenvalue weighted by Crippen LogP contribution is -2.44. The van der Waals surface area contributed by atoms with E-state index in [1.54, 1.807) is 0 Å². The average molecular weight is 348 g/mol. The van der Waals surface area contributed by atoms with Gasteiger partial charge in [0.1, 0.15) is 0 Å². The Balaban J connectivity index is 1.60. The van der Waals surface area contributed by atoms with Crippen molar-refractivity contribution in [2.24, 2.45) is 11.3 Å². The maximum atomic E-state index is 11.9. The SMILES string of the molecule is CC(C)(C)C(O)CNC(=O)NCC1CCN(CCc2ccccc2)C1. The van der Waals surface area contributed by atoms with E-state index in [0.717, 1.165) is 32.5 Å². The number of aliphatic hydroxyl groups excluding tert-OH is 1. The van der Waals surface area contributed by atoms with Crippen molar-refractivity contribution in [2.45, 2.75) is 39.7 Å². The van der Waals surface area contributed by atoms with Crippen molar-refractivity contribution in [1.82, 2.24) is 15.5 Å². The molecule has 2 unspecified atom stereocenters. The largest absolute Gasteiger partial charge is 0.391 e. The van der Waals surface area contributed by atoms with E-state index in [1.807, 2.05) is 26.8 Å². The van der Waals surface area contributed by atoms with E-state index in [0.29, 0.717) is 12.5 Å². The number of nitrogens with zero attached hydrogens (tertiary/aromatic N) is 1. The Labute approximate surface area is 151 Å². The Morgan fingerprint density at radius 1 is 1.28 bits per heavy atom. The number of nitrogens with one attached hydrogen (secondary N) is 2. The summed E-state index contributed by atoms with van der Waals surface area (Å²) in [6.45, 7) is 10.1. The first-order valence-electron chi connectivity index (χ1n) is 9.30. The minimum absolute atomic E-state index is 0.189. The molecule has 5 nitrogen and oxygen atoms in total. The van der Waals surface area contributed by atoms with Gasteiger partial charge in [0.05, 0.1) is 6.10 Å². The predicted octanol–water partition coefficient (Wildman–Crippen LogP) is 2.26. The van der Waals surface area contributed by atoms with Crippen LogP contribution in [0.5, 0.6) is 0 Å². The standard InChI is InChI=1S/C20H33N3O2/c1-20(2,3)18(24)14-22-19(25)21-13-17-10-12-23(15-17)11-9-16-7-5-4-6-8-16/h4-8,17-18,24H,9-15H2,1-3H3,(H2,21,22,25). The van der Waals surface area contributed by atoms with Gasteiger partial charge in [-0.2, -0.15) is 0 Å². The van der Waals surface area contributed by atoms with Gasteiger partial charge in [-0.1, -0.05) is 51.1 Å². The van der Waals surface area contributed by atoms with Crippen LogP contribution in [-0.4, -0.2) is 54.9 Å². The summed E-state index contributed by atoms with van der Waals surface area (Å²) in [4.78, 5) is 14.3. The molecule has 0 aromatic heterocycles. The normalized spacial score (nSPS) is 19.6. The summed E-state index contributed by atoms with van der Waals surface area (Å²) >= 11 is 0. The Bertz CT molecular complexity index is 527. The van der Waals surface area contributed by atoms with Gasteiger partial charge >= 0.3 is 6.03 Å². The number of carbonyl (C=O) groups is 1. The Hall–Kier alpha value is -1.59. The lowest BCUT2D eigenvalue weighted by molar-refractivity contribution is 0.0649. The summed E-state index contributed by atoms with van der Waals surface area (Å²) in [5.74, 6) is 0.508. The Kier molecular flexibility index (Phi) is 7.26. The van der Waals surface area contributed by atoms with E-state index in [-0.39, 0.29) is 18.0 Å². The molecule has 3 N–H and O–H groups in total. The van der Waals surface area contributed by atoms with Crippen molar-refractivity contribution < 1.29 is 9.90 Å². The Morgan fingerprint density at radius 3 is 2.68 bits per heavy atom. The van der Waals surface area contributed by atoms with Crippen LogP contribution in [0.15, 0.2) is 30.3 Å². The molecule has 1 fully saturated rings. The van der Waals surface area contributed by atoms with E-state index < -0.39 is 6.10 Å². The molecule has 0 aliphatic carbocycles. The number of amides is 2. The van der Waals surface area contributed by atoms with E-state index in [9.17, 15) is 9.90 Å². The smallest absolute Gasteiger partial charge is 0.314 e. The molecule has 0 saturated carbocycles. The van der Waals surface area contributed by atoms with Crippen LogP contribution < -0.4 is 10.6 Å². The highest BCUT2D eigenvalue weighted by molar-refractivity contribution is 5.73. The number of aliphatic hydroxyl groups is 1. The summed E-state index contributed by atoms with van der Waals surface area (Å²) in [5, 5.41) is 15.6. The van der Waals surface area contributed by atoms with Crippen LogP contribution in [0.25, 0.3) is 0 Å². The van der Waals surface area contributed by atoms with Gasteiger partial charge in [0.15, 0.2) is 0 Å². The van der Waals surface area contributed by atoms with E-state index >= 15 is 0 Å². The van der Waals surface area contributed by atoms with Crippen molar-refractivity contribution in [1.29, 1.82) is 0 Å². The van der Waals surface area contributed by atoms with Gasteiger partial charge in [0.2, 0.25) is 0 Å². The van der Waals surface area contributed by atoms with Crippen LogP contribution in [0.2, 0.25) is 0 Å². The number of carbonyl (C=O) groups excluding carboxylic acids is 1. The fourth-order valence-corrected chi connectivity index (χ4v) is 3.01.